The van der Waals surface area contributed by atoms with Crippen molar-refractivity contribution in [1.29, 1.82) is 0 Å². The summed E-state index contributed by atoms with van der Waals surface area (Å²) in [5.41, 5.74) is 1.64. The number of carbonyl (C=O) groups excluding carboxylic acids is 1. The highest BCUT2D eigenvalue weighted by atomic mass is 16.1. The lowest BCUT2D eigenvalue weighted by molar-refractivity contribution is -0.129. The van der Waals surface area contributed by atoms with Gasteiger partial charge in [-0.05, 0) is 37.0 Å². The van der Waals surface area contributed by atoms with E-state index >= 15 is 0 Å². The van der Waals surface area contributed by atoms with Crippen LogP contribution in [0.2, 0.25) is 0 Å². The summed E-state index contributed by atoms with van der Waals surface area (Å²) in [6, 6.07) is 0. The normalized spacial score (nSPS) is 58.8. The van der Waals surface area contributed by atoms with E-state index < -0.39 is 0 Å². The van der Waals surface area contributed by atoms with E-state index in [2.05, 4.69) is 27.4 Å². The minimum atomic E-state index is 0.0591. The summed E-state index contributed by atoms with van der Waals surface area (Å²) in [6.45, 7) is 10.6. The second-order valence-corrected chi connectivity index (χ2v) is 6.04. The molecule has 0 amide bonds. The number of Topliss-reactive ketones (excluding diaryl/α,β-unsaturated/α-hetero) is 1. The Morgan fingerprint density at radius 1 is 1.50 bits per heavy atom. The van der Waals surface area contributed by atoms with Gasteiger partial charge in [0, 0.05) is 11.3 Å². The Morgan fingerprint density at radius 3 is 2.50 bits per heavy atom. The van der Waals surface area contributed by atoms with Crippen molar-refractivity contribution in [3.63, 3.8) is 0 Å². The second kappa shape index (κ2) is 2.00. The summed E-state index contributed by atoms with van der Waals surface area (Å²) in [5, 5.41) is 0. The fourth-order valence-corrected chi connectivity index (χ4v) is 4.51. The highest BCUT2D eigenvalue weighted by Crippen LogP contribution is 2.82. The van der Waals surface area contributed by atoms with Gasteiger partial charge >= 0.3 is 0 Å². The quantitative estimate of drug-likeness (QED) is 0.581. The van der Waals surface area contributed by atoms with Crippen LogP contribution < -0.4 is 0 Å². The molecular formula is C13H18O. The van der Waals surface area contributed by atoms with Gasteiger partial charge in [-0.25, -0.2) is 0 Å². The van der Waals surface area contributed by atoms with Crippen LogP contribution in [0.3, 0.4) is 0 Å². The van der Waals surface area contributed by atoms with Crippen molar-refractivity contribution in [2.24, 2.45) is 28.6 Å². The number of hydrogen-bond acceptors (Lipinski definition) is 1. The smallest absolute Gasteiger partial charge is 0.143 e. The molecule has 0 aromatic carbocycles. The van der Waals surface area contributed by atoms with Crippen LogP contribution >= 0.6 is 0 Å². The van der Waals surface area contributed by atoms with Crippen LogP contribution in [0.4, 0.5) is 0 Å². The molecule has 0 aromatic heterocycles. The van der Waals surface area contributed by atoms with Crippen molar-refractivity contribution in [3.8, 4) is 0 Å². The average Bonchev–Trinajstić information content (AvgIpc) is 2.54. The third kappa shape index (κ3) is 0.600. The summed E-state index contributed by atoms with van der Waals surface area (Å²) in [7, 11) is 0. The van der Waals surface area contributed by atoms with Crippen molar-refractivity contribution < 1.29 is 4.79 Å². The van der Waals surface area contributed by atoms with Gasteiger partial charge in [-0.2, -0.15) is 0 Å². The Kier molecular flexibility index (Phi) is 1.24. The summed E-state index contributed by atoms with van der Waals surface area (Å²) >= 11 is 0. The van der Waals surface area contributed by atoms with E-state index in [1.807, 2.05) is 0 Å². The molecule has 4 saturated carbocycles. The maximum Gasteiger partial charge on any atom is 0.143 e. The first-order valence-electron chi connectivity index (χ1n) is 5.62. The number of hydrogen-bond donors (Lipinski definition) is 0. The van der Waals surface area contributed by atoms with Crippen LogP contribution in [-0.4, -0.2) is 5.78 Å². The van der Waals surface area contributed by atoms with Crippen molar-refractivity contribution in [2.75, 3.05) is 0 Å². The molecule has 4 aliphatic carbocycles. The van der Waals surface area contributed by atoms with Gasteiger partial charge < -0.3 is 0 Å². The molecule has 5 atom stereocenters. The topological polar surface area (TPSA) is 17.1 Å². The molecule has 4 bridgehead atoms. The fraction of sp³-hybridized carbons (Fsp3) is 0.769. The Balaban J connectivity index is 2.02. The van der Waals surface area contributed by atoms with E-state index in [0.29, 0.717) is 29.0 Å². The minimum absolute atomic E-state index is 0.0591. The summed E-state index contributed by atoms with van der Waals surface area (Å²) in [5.74, 6) is 2.02. The highest BCUT2D eigenvalue weighted by molar-refractivity contribution is 5.96. The molecule has 4 fully saturated rings. The lowest BCUT2D eigenvalue weighted by Crippen LogP contribution is -2.34. The van der Waals surface area contributed by atoms with Gasteiger partial charge in [0.15, 0.2) is 0 Å². The molecule has 1 unspecified atom stereocenters. The van der Waals surface area contributed by atoms with E-state index in [1.54, 1.807) is 0 Å². The molecule has 0 aromatic rings. The lowest BCUT2D eigenvalue weighted by Gasteiger charge is -2.34. The van der Waals surface area contributed by atoms with Crippen molar-refractivity contribution in [3.05, 3.63) is 12.2 Å². The number of rotatable bonds is 1. The Labute approximate surface area is 85.6 Å². The van der Waals surface area contributed by atoms with E-state index in [1.165, 1.54) is 12.0 Å². The summed E-state index contributed by atoms with van der Waals surface area (Å²) < 4.78 is 0. The van der Waals surface area contributed by atoms with Gasteiger partial charge in [-0.15, -0.1) is 0 Å². The number of allylic oxidation sites excluding steroid dienone is 1. The highest BCUT2D eigenvalue weighted by Gasteiger charge is 2.82. The first-order chi connectivity index (χ1) is 6.43. The standard InChI is InChI=1S/C13H18O/c1-7(2)8-5-10-12(3)6-9(8)11(14)13(10,12)4/h8-10H,1,5-6H2,2-4H3/t8-,9-,10-,12?,13+/m0/s1. The van der Waals surface area contributed by atoms with Crippen LogP contribution in [-0.2, 0) is 4.79 Å². The molecule has 4 aliphatic rings. The van der Waals surface area contributed by atoms with Crippen molar-refractivity contribution in [1.82, 2.24) is 0 Å². The largest absolute Gasteiger partial charge is 0.299 e. The molecule has 0 spiro atoms. The first-order valence-corrected chi connectivity index (χ1v) is 5.62. The second-order valence-electron chi connectivity index (χ2n) is 6.04. The SMILES string of the molecule is C=C(C)[C@@H]1C[C@H]2C3(C)C[C@@H]1C(=O)[C@@]23C. The van der Waals surface area contributed by atoms with Crippen LogP contribution in [0, 0.1) is 28.6 Å². The molecule has 76 valence electrons. The minimum Gasteiger partial charge on any atom is -0.299 e. The van der Waals surface area contributed by atoms with Gasteiger partial charge in [0.2, 0.25) is 0 Å². The van der Waals surface area contributed by atoms with Crippen LogP contribution in [0.5, 0.6) is 0 Å². The first kappa shape index (κ1) is 8.70. The molecule has 0 saturated heterocycles. The van der Waals surface area contributed by atoms with E-state index in [4.69, 9.17) is 0 Å². The predicted octanol–water partition coefficient (Wildman–Crippen LogP) is 2.81. The van der Waals surface area contributed by atoms with Gasteiger partial charge in [-0.3, -0.25) is 4.79 Å². The lowest BCUT2D eigenvalue weighted by atomic mass is 9.69. The summed E-state index contributed by atoms with van der Waals surface area (Å²) in [6.07, 6.45) is 2.35. The molecule has 1 nitrogen and oxygen atoms in total. The Morgan fingerprint density at radius 2 is 2.14 bits per heavy atom. The maximum atomic E-state index is 12.2. The van der Waals surface area contributed by atoms with Crippen LogP contribution in [0.25, 0.3) is 0 Å². The zero-order valence-electron chi connectivity index (χ0n) is 9.26. The predicted molar refractivity (Wildman–Crippen MR) is 55.7 cm³/mol. The Hall–Kier alpha value is -0.590. The molecule has 0 heterocycles. The van der Waals surface area contributed by atoms with E-state index in [9.17, 15) is 4.79 Å². The molecule has 0 aliphatic heterocycles. The van der Waals surface area contributed by atoms with Gasteiger partial charge in [0.25, 0.3) is 0 Å². The van der Waals surface area contributed by atoms with Crippen LogP contribution in [0.15, 0.2) is 12.2 Å². The molecule has 4 rings (SSSR count). The number of ketones is 1. The third-order valence-electron chi connectivity index (χ3n) is 5.67. The average molecular weight is 190 g/mol. The van der Waals surface area contributed by atoms with Gasteiger partial charge in [0.05, 0.1) is 0 Å². The van der Waals surface area contributed by atoms with Crippen LogP contribution in [0.1, 0.15) is 33.6 Å². The molecule has 0 N–H and O–H groups in total. The van der Waals surface area contributed by atoms with E-state index in [0.717, 1.165) is 6.42 Å². The number of fused-ring (bicyclic) bond motifs is 1. The molecular weight excluding hydrogens is 172 g/mol. The zero-order valence-corrected chi connectivity index (χ0v) is 9.26. The Bertz CT molecular complexity index is 356. The number of carbonyl (C=O) groups is 1. The summed E-state index contributed by atoms with van der Waals surface area (Å²) in [4.78, 5) is 12.2. The van der Waals surface area contributed by atoms with E-state index in [-0.39, 0.29) is 5.41 Å². The zero-order chi connectivity index (χ0) is 10.3. The van der Waals surface area contributed by atoms with Gasteiger partial charge in [-0.1, -0.05) is 26.0 Å². The molecule has 1 heteroatoms. The monoisotopic (exact) mass is 190 g/mol. The molecule has 14 heavy (non-hydrogen) atoms. The fourth-order valence-electron chi connectivity index (χ4n) is 4.51. The van der Waals surface area contributed by atoms with Crippen molar-refractivity contribution in [2.45, 2.75) is 33.6 Å². The third-order valence-corrected chi connectivity index (χ3v) is 5.67. The maximum absolute atomic E-state index is 12.2. The molecule has 0 radical (unpaired) electrons. The van der Waals surface area contributed by atoms with Crippen molar-refractivity contribution >= 4 is 5.78 Å². The van der Waals surface area contributed by atoms with Gasteiger partial charge in [0.1, 0.15) is 5.78 Å².